The molecule has 0 bridgehead atoms. The van der Waals surface area contributed by atoms with Crippen LogP contribution in [-0.2, 0) is 26.6 Å². The van der Waals surface area contributed by atoms with Crippen molar-refractivity contribution >= 4 is 27.5 Å². The maximum Gasteiger partial charge on any atom is 0.422 e. The third-order valence-corrected chi connectivity index (χ3v) is 7.03. The molecule has 0 unspecified atom stereocenters. The van der Waals surface area contributed by atoms with E-state index in [1.807, 2.05) is 0 Å². The second-order valence-corrected chi connectivity index (χ2v) is 11.5. The molecule has 2 aliphatic heterocycles. The zero-order valence-electron chi connectivity index (χ0n) is 20.7. The van der Waals surface area contributed by atoms with E-state index < -0.39 is 51.5 Å². The van der Waals surface area contributed by atoms with Gasteiger partial charge in [-0.3, -0.25) is 9.59 Å². The molecule has 1 spiro atoms. The van der Waals surface area contributed by atoms with Crippen molar-refractivity contribution in [3.05, 3.63) is 59.2 Å². The average molecular weight is 584 g/mol. The number of alkyl halides is 3. The number of pyridine rings is 1. The fraction of sp³-hybridized carbons (Fsp3) is 0.333. The summed E-state index contributed by atoms with van der Waals surface area (Å²) in [6.45, 7) is -1.37. The zero-order chi connectivity index (χ0) is 28.9. The molecular formula is C24H21F4N5O6S. The van der Waals surface area contributed by atoms with Gasteiger partial charge < -0.3 is 20.1 Å². The molecule has 3 aromatic rings. The van der Waals surface area contributed by atoms with E-state index in [1.165, 1.54) is 24.3 Å². The lowest BCUT2D eigenvalue weighted by Gasteiger charge is -2.41. The van der Waals surface area contributed by atoms with E-state index in [4.69, 9.17) is 9.47 Å². The number of benzene rings is 1. The number of rotatable bonds is 6. The van der Waals surface area contributed by atoms with Gasteiger partial charge in [0.1, 0.15) is 28.6 Å². The molecule has 1 aromatic carbocycles. The summed E-state index contributed by atoms with van der Waals surface area (Å²) in [5, 5.41) is 9.79. The highest BCUT2D eigenvalue weighted by molar-refractivity contribution is 7.91. The van der Waals surface area contributed by atoms with Crippen LogP contribution < -0.4 is 20.1 Å². The molecule has 212 valence electrons. The van der Waals surface area contributed by atoms with Crippen molar-refractivity contribution in [1.82, 2.24) is 20.1 Å². The number of anilines is 1. The molecule has 1 atom stereocenters. The number of sulfone groups is 1. The minimum atomic E-state index is -4.53. The van der Waals surface area contributed by atoms with Gasteiger partial charge >= 0.3 is 6.18 Å². The molecule has 40 heavy (non-hydrogen) atoms. The predicted octanol–water partition coefficient (Wildman–Crippen LogP) is 2.29. The molecule has 11 nitrogen and oxygen atoms in total. The second kappa shape index (κ2) is 9.76. The van der Waals surface area contributed by atoms with E-state index >= 15 is 0 Å². The number of carbonyl (C=O) groups is 2. The maximum absolute atomic E-state index is 13.5. The van der Waals surface area contributed by atoms with E-state index in [1.54, 1.807) is 0 Å². The first-order valence-corrected chi connectivity index (χ1v) is 13.8. The van der Waals surface area contributed by atoms with Crippen LogP contribution in [0.15, 0.2) is 36.5 Å². The quantitative estimate of drug-likeness (QED) is 0.421. The van der Waals surface area contributed by atoms with E-state index in [0.29, 0.717) is 5.56 Å². The van der Waals surface area contributed by atoms with Crippen molar-refractivity contribution in [3.63, 3.8) is 0 Å². The van der Waals surface area contributed by atoms with Crippen LogP contribution in [-0.4, -0.2) is 66.4 Å². The van der Waals surface area contributed by atoms with Gasteiger partial charge in [0.15, 0.2) is 28.1 Å². The molecule has 2 amide bonds. The fourth-order valence-electron chi connectivity index (χ4n) is 4.67. The largest absolute Gasteiger partial charge is 0.493 e. The van der Waals surface area contributed by atoms with Gasteiger partial charge in [0.05, 0.1) is 24.0 Å². The van der Waals surface area contributed by atoms with Crippen molar-refractivity contribution in [2.75, 3.05) is 30.5 Å². The first-order chi connectivity index (χ1) is 18.7. The van der Waals surface area contributed by atoms with E-state index in [0.717, 1.165) is 23.2 Å². The molecule has 5 rings (SSSR count). The summed E-state index contributed by atoms with van der Waals surface area (Å²) in [6, 6.07) is 6.50. The second-order valence-electron chi connectivity index (χ2n) is 9.41. The summed E-state index contributed by atoms with van der Waals surface area (Å²) < 4.78 is 86.2. The molecule has 2 aromatic heterocycles. The minimum absolute atomic E-state index is 0.0447. The molecule has 2 N–H and O–H groups in total. The van der Waals surface area contributed by atoms with E-state index in [-0.39, 0.29) is 53.8 Å². The van der Waals surface area contributed by atoms with Gasteiger partial charge in [0.2, 0.25) is 5.91 Å². The highest BCUT2D eigenvalue weighted by atomic mass is 32.2. The SMILES string of the molecule is CS(=O)(=O)CC(=O)Nc1c2c(nn1-c1ccc(F)cn1)C[C@]1(CCOc3cc(OCC(F)(F)F)ccc31)NC2=O. The maximum atomic E-state index is 13.5. The molecular weight excluding hydrogens is 562 g/mol. The Morgan fingerprint density at radius 3 is 2.73 bits per heavy atom. The number of nitrogens with zero attached hydrogens (tertiary/aromatic N) is 3. The lowest BCUT2D eigenvalue weighted by molar-refractivity contribution is -0.153. The van der Waals surface area contributed by atoms with Crippen LogP contribution in [0, 0.1) is 5.82 Å². The third-order valence-electron chi connectivity index (χ3n) is 6.24. The molecule has 0 saturated carbocycles. The van der Waals surface area contributed by atoms with Crippen LogP contribution in [0.5, 0.6) is 11.5 Å². The van der Waals surface area contributed by atoms with Crippen LogP contribution >= 0.6 is 0 Å². The van der Waals surface area contributed by atoms with Gasteiger partial charge in [-0.15, -0.1) is 0 Å². The monoisotopic (exact) mass is 583 g/mol. The molecule has 0 fully saturated rings. The van der Waals surface area contributed by atoms with Crippen molar-refractivity contribution in [1.29, 1.82) is 0 Å². The number of amides is 2. The van der Waals surface area contributed by atoms with Crippen LogP contribution in [0.4, 0.5) is 23.4 Å². The van der Waals surface area contributed by atoms with Crippen molar-refractivity contribution in [3.8, 4) is 17.3 Å². The number of nitrogens with one attached hydrogen (secondary N) is 2. The summed E-state index contributed by atoms with van der Waals surface area (Å²) in [7, 11) is -3.71. The number of halogens is 4. The Kier molecular flexibility index (Phi) is 6.68. The molecule has 0 saturated heterocycles. The fourth-order valence-corrected chi connectivity index (χ4v) is 5.22. The van der Waals surface area contributed by atoms with E-state index in [2.05, 4.69) is 20.7 Å². The van der Waals surface area contributed by atoms with Crippen molar-refractivity contribution in [2.45, 2.75) is 24.6 Å². The normalized spacial score (nSPS) is 18.4. The number of hydrogen-bond donors (Lipinski definition) is 2. The lowest BCUT2D eigenvalue weighted by Crippen LogP contribution is -2.53. The van der Waals surface area contributed by atoms with Gasteiger partial charge in [0, 0.05) is 30.7 Å². The minimum Gasteiger partial charge on any atom is -0.493 e. The number of ether oxygens (including phenoxy) is 2. The van der Waals surface area contributed by atoms with Crippen LogP contribution in [0.25, 0.3) is 5.82 Å². The zero-order valence-corrected chi connectivity index (χ0v) is 21.5. The Hall–Kier alpha value is -4.21. The van der Waals surface area contributed by atoms with Crippen molar-refractivity contribution < 1.29 is 45.0 Å². The number of aromatic nitrogens is 3. The predicted molar refractivity (Wildman–Crippen MR) is 131 cm³/mol. The van der Waals surface area contributed by atoms with Gasteiger partial charge in [0.25, 0.3) is 5.91 Å². The summed E-state index contributed by atoms with van der Waals surface area (Å²) in [5.74, 6) is -3.05. The first kappa shape index (κ1) is 27.4. The topological polar surface area (TPSA) is 142 Å². The molecule has 16 heteroatoms. The third kappa shape index (κ3) is 5.57. The smallest absolute Gasteiger partial charge is 0.422 e. The van der Waals surface area contributed by atoms with Gasteiger partial charge in [-0.25, -0.2) is 17.8 Å². The molecule has 2 aliphatic rings. The summed E-state index contributed by atoms with van der Waals surface area (Å²) >= 11 is 0. The van der Waals surface area contributed by atoms with Crippen LogP contribution in [0.2, 0.25) is 0 Å². The Labute approximate surface area is 224 Å². The summed E-state index contributed by atoms with van der Waals surface area (Å²) in [4.78, 5) is 30.0. The molecule has 4 heterocycles. The molecule has 0 radical (unpaired) electrons. The number of fused-ring (bicyclic) bond motifs is 3. The van der Waals surface area contributed by atoms with Crippen LogP contribution in [0.3, 0.4) is 0 Å². The van der Waals surface area contributed by atoms with Gasteiger partial charge in [-0.2, -0.15) is 23.0 Å². The number of carbonyl (C=O) groups excluding carboxylic acids is 2. The van der Waals surface area contributed by atoms with Gasteiger partial charge in [-0.1, -0.05) is 0 Å². The van der Waals surface area contributed by atoms with E-state index in [9.17, 15) is 35.6 Å². The number of hydrogen-bond acceptors (Lipinski definition) is 8. The average Bonchev–Trinajstić information content (AvgIpc) is 3.19. The van der Waals surface area contributed by atoms with Crippen LogP contribution in [0.1, 0.15) is 28.0 Å². The van der Waals surface area contributed by atoms with Gasteiger partial charge in [-0.05, 0) is 24.3 Å². The Balaban J connectivity index is 1.54. The Morgan fingerprint density at radius 2 is 2.05 bits per heavy atom. The summed E-state index contributed by atoms with van der Waals surface area (Å²) in [5.41, 5.74) is -0.412. The molecule has 0 aliphatic carbocycles. The lowest BCUT2D eigenvalue weighted by atomic mass is 9.77. The Morgan fingerprint density at radius 1 is 1.27 bits per heavy atom. The highest BCUT2D eigenvalue weighted by Gasteiger charge is 2.46. The highest BCUT2D eigenvalue weighted by Crippen LogP contribution is 2.44. The standard InChI is InChI=1S/C24H21F4N5O6S/c1-40(36,37)11-19(34)30-21-20-16(32-33(21)18-5-2-13(25)10-29-18)9-23(31-22(20)35)6-7-38-17-8-14(3-4-15(17)23)39-12-24(26,27)28/h2-5,8,10H,6-7,9,11-12H2,1H3,(H,30,34)(H,31,35)/t23-/m0/s1. The first-order valence-electron chi connectivity index (χ1n) is 11.7. The Bertz CT molecular complexity index is 1610. The van der Waals surface area contributed by atoms with Crippen molar-refractivity contribution in [2.24, 2.45) is 0 Å². The summed E-state index contributed by atoms with van der Waals surface area (Å²) in [6.07, 6.45) is -2.38.